The van der Waals surface area contributed by atoms with Crippen LogP contribution in [-0.4, -0.2) is 47.6 Å². The number of hydrogen-bond donors (Lipinski definition) is 1. The van der Waals surface area contributed by atoms with Gasteiger partial charge in [0.15, 0.2) is 0 Å². The van der Waals surface area contributed by atoms with Gasteiger partial charge in [0.25, 0.3) is 0 Å². The van der Waals surface area contributed by atoms with Gasteiger partial charge in [-0.05, 0) is 61.1 Å². The Morgan fingerprint density at radius 2 is 1.96 bits per heavy atom. The summed E-state index contributed by atoms with van der Waals surface area (Å²) in [5.41, 5.74) is 1.93. The number of β-amino-alcohol motifs (C(OH)–C–C–N with tert-alkyl or cyclic N) is 1. The maximum atomic E-state index is 11.1. The molecular weight excluding hydrogens is 338 g/mol. The van der Waals surface area contributed by atoms with E-state index in [1.807, 2.05) is 24.3 Å². The van der Waals surface area contributed by atoms with Gasteiger partial charge >= 0.3 is 0 Å². The first kappa shape index (κ1) is 20.3. The van der Waals surface area contributed by atoms with Crippen molar-refractivity contribution in [3.8, 4) is 5.75 Å². The summed E-state index contributed by atoms with van der Waals surface area (Å²) < 4.78 is 5.79. The van der Waals surface area contributed by atoms with E-state index < -0.39 is 6.10 Å². The van der Waals surface area contributed by atoms with Gasteiger partial charge in [0.2, 0.25) is 0 Å². The number of benzene rings is 1. The van der Waals surface area contributed by atoms with Gasteiger partial charge in [-0.25, -0.2) is 0 Å². The lowest BCUT2D eigenvalue weighted by Crippen LogP contribution is -2.39. The molecule has 1 aromatic rings. The van der Waals surface area contributed by atoms with Crippen LogP contribution in [0.15, 0.2) is 24.3 Å². The average Bonchev–Trinajstić information content (AvgIpc) is 2.80. The summed E-state index contributed by atoms with van der Waals surface area (Å²) in [6.07, 6.45) is 4.61. The van der Waals surface area contributed by atoms with Crippen molar-refractivity contribution in [3.05, 3.63) is 29.8 Å². The third kappa shape index (κ3) is 5.55. The van der Waals surface area contributed by atoms with Crippen molar-refractivity contribution < 1.29 is 14.6 Å². The van der Waals surface area contributed by atoms with E-state index in [0.717, 1.165) is 24.3 Å². The Balaban J connectivity index is 1.46. The smallest absolute Gasteiger partial charge is 0.130 e. The average molecular weight is 374 g/mol. The second-order valence-electron chi connectivity index (χ2n) is 9.95. The first-order chi connectivity index (χ1) is 12.6. The van der Waals surface area contributed by atoms with E-state index in [-0.39, 0.29) is 5.78 Å². The number of aliphatic hydroxyl groups excluding tert-OH is 1. The van der Waals surface area contributed by atoms with Crippen molar-refractivity contribution in [2.45, 2.75) is 71.9 Å². The minimum absolute atomic E-state index is 0.210. The zero-order valence-electron chi connectivity index (χ0n) is 17.3. The minimum atomic E-state index is -0.478. The van der Waals surface area contributed by atoms with Crippen LogP contribution in [-0.2, 0) is 11.2 Å². The third-order valence-corrected chi connectivity index (χ3v) is 6.10. The first-order valence-electron chi connectivity index (χ1n) is 10.3. The van der Waals surface area contributed by atoms with Crippen LogP contribution in [0.5, 0.6) is 5.75 Å². The van der Waals surface area contributed by atoms with Crippen molar-refractivity contribution in [1.29, 1.82) is 0 Å². The van der Waals surface area contributed by atoms with E-state index in [4.69, 9.17) is 4.74 Å². The molecule has 4 nitrogen and oxygen atoms in total. The molecule has 0 amide bonds. The molecular formula is C23H35NO3. The van der Waals surface area contributed by atoms with Crippen molar-refractivity contribution in [2.24, 2.45) is 10.8 Å². The number of hydrogen-bond acceptors (Lipinski definition) is 4. The van der Waals surface area contributed by atoms with Gasteiger partial charge < -0.3 is 14.6 Å². The Kier molecular flexibility index (Phi) is 5.97. The molecule has 0 spiro atoms. The van der Waals surface area contributed by atoms with E-state index in [1.54, 1.807) is 6.92 Å². The number of carbonyl (C=O) groups excluding carboxylic acids is 1. The number of aliphatic hydroxyl groups is 1. The second-order valence-corrected chi connectivity index (χ2v) is 9.95. The molecule has 2 aliphatic rings. The van der Waals surface area contributed by atoms with Crippen molar-refractivity contribution in [2.75, 3.05) is 19.7 Å². The lowest BCUT2D eigenvalue weighted by Gasteiger charge is -2.40. The number of ketones is 1. The fourth-order valence-corrected chi connectivity index (χ4v) is 5.38. The van der Waals surface area contributed by atoms with E-state index in [2.05, 4.69) is 25.7 Å². The van der Waals surface area contributed by atoms with Crippen LogP contribution < -0.4 is 4.74 Å². The molecule has 3 unspecified atom stereocenters. The molecule has 0 aromatic heterocycles. The van der Waals surface area contributed by atoms with Gasteiger partial charge in [-0.1, -0.05) is 32.9 Å². The molecule has 1 N–H and O–H groups in total. The molecule has 0 radical (unpaired) electrons. The highest BCUT2D eigenvalue weighted by Gasteiger charge is 2.49. The van der Waals surface area contributed by atoms with Gasteiger partial charge in [-0.3, -0.25) is 4.90 Å². The van der Waals surface area contributed by atoms with Gasteiger partial charge in [0, 0.05) is 25.6 Å². The lowest BCUT2D eigenvalue weighted by molar-refractivity contribution is -0.116. The van der Waals surface area contributed by atoms with Crippen LogP contribution in [0.3, 0.4) is 0 Å². The summed E-state index contributed by atoms with van der Waals surface area (Å²) in [6.45, 7) is 10.9. The van der Waals surface area contributed by atoms with Crippen LogP contribution in [0.2, 0.25) is 0 Å². The molecule has 3 atom stereocenters. The molecule has 27 heavy (non-hydrogen) atoms. The zero-order chi connectivity index (χ0) is 19.7. The topological polar surface area (TPSA) is 49.8 Å². The highest BCUT2D eigenvalue weighted by Crippen LogP contribution is 2.52. The van der Waals surface area contributed by atoms with Crippen molar-refractivity contribution in [3.63, 3.8) is 0 Å². The Bertz CT molecular complexity index is 654. The Hall–Kier alpha value is -1.39. The molecule has 1 aliphatic heterocycles. The second kappa shape index (κ2) is 7.92. The number of carbonyl (C=O) groups is 1. The monoisotopic (exact) mass is 373 g/mol. The number of rotatable bonds is 8. The van der Waals surface area contributed by atoms with Crippen LogP contribution in [0.4, 0.5) is 0 Å². The molecule has 150 valence electrons. The summed E-state index contributed by atoms with van der Waals surface area (Å²) in [5, 5.41) is 10.5. The van der Waals surface area contributed by atoms with E-state index >= 15 is 0 Å². The standard InChI is InChI=1S/C23H35NO3/c1-17(25)5-6-18-7-9-21(10-8-18)27-14-20(26)13-24-16-23(4)12-19(24)11-22(2,3)15-23/h7-10,19-20,26H,5-6,11-16H2,1-4H3. The summed E-state index contributed by atoms with van der Waals surface area (Å²) in [6, 6.07) is 8.44. The van der Waals surface area contributed by atoms with E-state index in [1.165, 1.54) is 19.3 Å². The van der Waals surface area contributed by atoms with E-state index in [0.29, 0.717) is 36.4 Å². The molecule has 4 heteroatoms. The SMILES string of the molecule is CC(=O)CCc1ccc(OCC(O)CN2CC3(C)CC2CC(C)(C)C3)cc1. The maximum Gasteiger partial charge on any atom is 0.130 e. The van der Waals surface area contributed by atoms with E-state index in [9.17, 15) is 9.90 Å². The Labute approximate surface area is 163 Å². The number of Topliss-reactive ketones (excluding diaryl/α,β-unsaturated/α-hetero) is 1. The zero-order valence-corrected chi connectivity index (χ0v) is 17.3. The summed E-state index contributed by atoms with van der Waals surface area (Å²) in [5.74, 6) is 0.982. The van der Waals surface area contributed by atoms with Crippen molar-refractivity contribution >= 4 is 5.78 Å². The maximum absolute atomic E-state index is 11.1. The van der Waals surface area contributed by atoms with Crippen LogP contribution in [0, 0.1) is 10.8 Å². The molecule has 1 saturated carbocycles. The van der Waals surface area contributed by atoms with Crippen LogP contribution >= 0.6 is 0 Å². The molecule has 2 bridgehead atoms. The molecule has 1 aliphatic carbocycles. The fourth-order valence-electron chi connectivity index (χ4n) is 5.38. The lowest BCUT2D eigenvalue weighted by atomic mass is 9.65. The predicted octanol–water partition coefficient (Wildman–Crippen LogP) is 3.85. The molecule has 1 saturated heterocycles. The highest BCUT2D eigenvalue weighted by atomic mass is 16.5. The Morgan fingerprint density at radius 1 is 1.26 bits per heavy atom. The quantitative estimate of drug-likeness (QED) is 0.752. The third-order valence-electron chi connectivity index (χ3n) is 6.10. The summed E-state index contributed by atoms with van der Waals surface area (Å²) in [7, 11) is 0. The van der Waals surface area contributed by atoms with Crippen LogP contribution in [0.1, 0.15) is 58.9 Å². The van der Waals surface area contributed by atoms with Gasteiger partial charge in [0.05, 0.1) is 0 Å². The molecule has 2 fully saturated rings. The number of ether oxygens (including phenoxy) is 1. The minimum Gasteiger partial charge on any atom is -0.491 e. The van der Waals surface area contributed by atoms with Crippen molar-refractivity contribution in [1.82, 2.24) is 4.90 Å². The van der Waals surface area contributed by atoms with Gasteiger partial charge in [0.1, 0.15) is 24.2 Å². The number of fused-ring (bicyclic) bond motifs is 2. The normalized spacial score (nSPS) is 28.1. The summed E-state index contributed by atoms with van der Waals surface area (Å²) in [4.78, 5) is 13.6. The number of nitrogens with zero attached hydrogens (tertiary/aromatic N) is 1. The Morgan fingerprint density at radius 3 is 2.63 bits per heavy atom. The number of likely N-dealkylation sites (tertiary alicyclic amines) is 1. The largest absolute Gasteiger partial charge is 0.491 e. The highest BCUT2D eigenvalue weighted by molar-refractivity contribution is 5.75. The molecule has 3 rings (SSSR count). The summed E-state index contributed by atoms with van der Waals surface area (Å²) >= 11 is 0. The van der Waals surface area contributed by atoms with Crippen LogP contribution in [0.25, 0.3) is 0 Å². The number of aryl methyl sites for hydroxylation is 1. The molecule has 1 aromatic carbocycles. The fraction of sp³-hybridized carbons (Fsp3) is 0.696. The van der Waals surface area contributed by atoms with Gasteiger partial charge in [-0.2, -0.15) is 0 Å². The predicted molar refractivity (Wildman–Crippen MR) is 108 cm³/mol. The van der Waals surface area contributed by atoms with Gasteiger partial charge in [-0.15, -0.1) is 0 Å². The molecule has 1 heterocycles. The first-order valence-corrected chi connectivity index (χ1v) is 10.3.